The van der Waals surface area contributed by atoms with Gasteiger partial charge in [0.1, 0.15) is 0 Å². The summed E-state index contributed by atoms with van der Waals surface area (Å²) >= 11 is 0. The summed E-state index contributed by atoms with van der Waals surface area (Å²) in [6.07, 6.45) is 0.291. The number of hydrogen-bond acceptors (Lipinski definition) is 5. The highest BCUT2D eigenvalue weighted by Crippen LogP contribution is 2.70. The van der Waals surface area contributed by atoms with Crippen LogP contribution in [0.3, 0.4) is 0 Å². The van der Waals surface area contributed by atoms with E-state index in [2.05, 4.69) is 20.4 Å². The van der Waals surface area contributed by atoms with Crippen LogP contribution < -0.4 is 0 Å². The lowest BCUT2D eigenvalue weighted by Crippen LogP contribution is -2.71. The molecule has 0 aromatic carbocycles. The minimum absolute atomic E-state index is 0.0928. The van der Waals surface area contributed by atoms with Crippen molar-refractivity contribution in [3.05, 3.63) is 12.2 Å². The van der Waals surface area contributed by atoms with Crippen molar-refractivity contribution in [3.8, 4) is 0 Å². The average molecular weight is 350 g/mol. The smallest absolute Gasteiger partial charge is 0.170 e. The standard InChI is InChI=1S/C20H30O5/c1-10-11-4-5-12-19(9-21)13(18(2,3)7-6-14(19)22)8-15(23)20(12,16(10)24)17(11)25/h11-15,17,21-23,25H,1,4-9H2,2-3H3/t11-,12-,13+,14+,15-,17?,19-,20-/m1/s1. The van der Waals surface area contributed by atoms with Gasteiger partial charge >= 0.3 is 0 Å². The molecule has 0 amide bonds. The van der Waals surface area contributed by atoms with E-state index in [9.17, 15) is 25.2 Å². The van der Waals surface area contributed by atoms with Gasteiger partial charge in [0.25, 0.3) is 0 Å². The van der Waals surface area contributed by atoms with E-state index in [-0.39, 0.29) is 29.6 Å². The van der Waals surface area contributed by atoms with E-state index in [1.165, 1.54) is 0 Å². The maximum absolute atomic E-state index is 13.2. The average Bonchev–Trinajstić information content (AvgIpc) is 2.68. The first-order chi connectivity index (χ1) is 11.7. The van der Waals surface area contributed by atoms with Crippen molar-refractivity contribution >= 4 is 5.78 Å². The molecule has 1 spiro atoms. The van der Waals surface area contributed by atoms with Crippen LogP contribution >= 0.6 is 0 Å². The number of carbonyl (C=O) groups excluding carboxylic acids is 1. The van der Waals surface area contributed by atoms with Crippen molar-refractivity contribution in [1.29, 1.82) is 0 Å². The van der Waals surface area contributed by atoms with Gasteiger partial charge in [-0.2, -0.15) is 0 Å². The normalized spacial score (nSPS) is 54.2. The first-order valence-corrected chi connectivity index (χ1v) is 9.54. The molecule has 0 radical (unpaired) electrons. The van der Waals surface area contributed by atoms with Crippen LogP contribution in [0.4, 0.5) is 0 Å². The number of Topliss-reactive ketones (excluding diaryl/α,β-unsaturated/α-hetero) is 1. The Labute approximate surface area is 148 Å². The second-order valence-corrected chi connectivity index (χ2v) is 9.59. The van der Waals surface area contributed by atoms with E-state index in [4.69, 9.17) is 0 Å². The molecule has 0 aromatic rings. The molecule has 0 saturated heterocycles. The Morgan fingerprint density at radius 1 is 1.08 bits per heavy atom. The fraction of sp³-hybridized carbons (Fsp3) is 0.850. The second-order valence-electron chi connectivity index (χ2n) is 9.59. The monoisotopic (exact) mass is 350 g/mol. The zero-order valence-electron chi connectivity index (χ0n) is 15.1. The third kappa shape index (κ3) is 1.76. The summed E-state index contributed by atoms with van der Waals surface area (Å²) in [5.74, 6) is -1.07. The first kappa shape index (κ1) is 17.7. The van der Waals surface area contributed by atoms with Gasteiger partial charge in [-0.1, -0.05) is 20.4 Å². The van der Waals surface area contributed by atoms with Gasteiger partial charge in [0.05, 0.1) is 30.3 Å². The van der Waals surface area contributed by atoms with Gasteiger partial charge in [0.2, 0.25) is 0 Å². The molecule has 25 heavy (non-hydrogen) atoms. The molecule has 4 aliphatic carbocycles. The number of aliphatic hydroxyl groups excluding tert-OH is 4. The molecule has 2 bridgehead atoms. The van der Waals surface area contributed by atoms with Crippen LogP contribution in [-0.2, 0) is 4.79 Å². The molecule has 0 aliphatic heterocycles. The van der Waals surface area contributed by atoms with Crippen LogP contribution in [0.5, 0.6) is 0 Å². The number of ketones is 1. The van der Waals surface area contributed by atoms with Crippen LogP contribution in [0, 0.1) is 34.0 Å². The lowest BCUT2D eigenvalue weighted by Gasteiger charge is -2.66. The van der Waals surface area contributed by atoms with Gasteiger partial charge in [-0.25, -0.2) is 0 Å². The van der Waals surface area contributed by atoms with Gasteiger partial charge in [-0.15, -0.1) is 0 Å². The molecule has 0 aromatic heterocycles. The topological polar surface area (TPSA) is 98.0 Å². The highest BCUT2D eigenvalue weighted by Gasteiger charge is 2.76. The molecule has 4 N–H and O–H groups in total. The van der Waals surface area contributed by atoms with Crippen molar-refractivity contribution in [3.63, 3.8) is 0 Å². The quantitative estimate of drug-likeness (QED) is 0.530. The lowest BCUT2D eigenvalue weighted by atomic mass is 9.38. The van der Waals surface area contributed by atoms with Crippen LogP contribution in [0.25, 0.3) is 0 Å². The molecule has 5 nitrogen and oxygen atoms in total. The van der Waals surface area contributed by atoms with E-state index < -0.39 is 35.1 Å². The zero-order chi connectivity index (χ0) is 18.4. The summed E-state index contributed by atoms with van der Waals surface area (Å²) in [7, 11) is 0. The van der Waals surface area contributed by atoms with E-state index in [0.717, 1.165) is 6.42 Å². The highest BCUT2D eigenvalue weighted by molar-refractivity contribution is 6.04. The third-order valence-electron chi connectivity index (χ3n) is 8.55. The molecular weight excluding hydrogens is 320 g/mol. The summed E-state index contributed by atoms with van der Waals surface area (Å²) in [5.41, 5.74) is -1.91. The Kier molecular flexibility index (Phi) is 3.64. The van der Waals surface area contributed by atoms with Crippen LogP contribution in [0.15, 0.2) is 12.2 Å². The van der Waals surface area contributed by atoms with Crippen LogP contribution in [-0.4, -0.2) is 51.1 Å². The second kappa shape index (κ2) is 5.16. The minimum atomic E-state index is -1.31. The SMILES string of the molecule is C=C1C(=O)[C@@]23C(O)[C@@H]1CC[C@@H]2[C@@]1(CO)[C@@H](O)CCC(C)(C)[C@@H]1C[C@H]3O. The molecular formula is C20H30O5. The summed E-state index contributed by atoms with van der Waals surface area (Å²) in [4.78, 5) is 13.2. The fourth-order valence-corrected chi connectivity index (χ4v) is 7.35. The predicted octanol–water partition coefficient (Wildman–Crippen LogP) is 1.04. The lowest BCUT2D eigenvalue weighted by molar-refractivity contribution is -0.267. The van der Waals surface area contributed by atoms with E-state index in [0.29, 0.717) is 31.3 Å². The van der Waals surface area contributed by atoms with E-state index >= 15 is 0 Å². The number of carbonyl (C=O) groups is 1. The Balaban J connectivity index is 1.94. The fourth-order valence-electron chi connectivity index (χ4n) is 7.35. The summed E-state index contributed by atoms with van der Waals surface area (Å²) in [5, 5.41) is 43.7. The van der Waals surface area contributed by atoms with E-state index in [1.54, 1.807) is 0 Å². The van der Waals surface area contributed by atoms with Crippen LogP contribution in [0.1, 0.15) is 46.0 Å². The third-order valence-corrected chi connectivity index (χ3v) is 8.55. The van der Waals surface area contributed by atoms with Crippen molar-refractivity contribution < 1.29 is 25.2 Å². The van der Waals surface area contributed by atoms with Crippen molar-refractivity contribution in [2.45, 2.75) is 64.3 Å². The molecule has 0 heterocycles. The Morgan fingerprint density at radius 3 is 2.40 bits per heavy atom. The Bertz CT molecular complexity index is 628. The predicted molar refractivity (Wildman–Crippen MR) is 91.5 cm³/mol. The zero-order valence-corrected chi connectivity index (χ0v) is 15.1. The van der Waals surface area contributed by atoms with Crippen LogP contribution in [0.2, 0.25) is 0 Å². The summed E-state index contributed by atoms with van der Waals surface area (Å²) in [6, 6.07) is 0. The number of hydrogen-bond donors (Lipinski definition) is 4. The van der Waals surface area contributed by atoms with Gasteiger partial charge in [0, 0.05) is 11.3 Å². The van der Waals surface area contributed by atoms with Gasteiger partial charge in [0.15, 0.2) is 5.78 Å². The van der Waals surface area contributed by atoms with Gasteiger partial charge in [-0.3, -0.25) is 4.79 Å². The molecule has 4 fully saturated rings. The number of aliphatic hydroxyl groups is 4. The first-order valence-electron chi connectivity index (χ1n) is 9.54. The molecule has 140 valence electrons. The maximum atomic E-state index is 13.2. The van der Waals surface area contributed by atoms with Crippen molar-refractivity contribution in [2.24, 2.45) is 34.0 Å². The highest BCUT2D eigenvalue weighted by atomic mass is 16.3. The molecule has 4 rings (SSSR count). The van der Waals surface area contributed by atoms with Gasteiger partial charge in [-0.05, 0) is 54.9 Å². The number of rotatable bonds is 1. The maximum Gasteiger partial charge on any atom is 0.170 e. The summed E-state index contributed by atoms with van der Waals surface area (Å²) < 4.78 is 0. The van der Waals surface area contributed by atoms with E-state index in [1.807, 2.05) is 0 Å². The molecule has 5 heteroatoms. The Morgan fingerprint density at radius 2 is 1.76 bits per heavy atom. The largest absolute Gasteiger partial charge is 0.396 e. The Hall–Kier alpha value is -0.750. The molecule has 4 saturated carbocycles. The number of fused-ring (bicyclic) bond motifs is 3. The summed E-state index contributed by atoms with van der Waals surface area (Å²) in [6.45, 7) is 7.92. The van der Waals surface area contributed by atoms with Gasteiger partial charge < -0.3 is 20.4 Å². The van der Waals surface area contributed by atoms with Crippen molar-refractivity contribution in [2.75, 3.05) is 6.61 Å². The molecule has 4 aliphatic rings. The minimum Gasteiger partial charge on any atom is -0.396 e. The van der Waals surface area contributed by atoms with Crippen molar-refractivity contribution in [1.82, 2.24) is 0 Å². The molecule has 8 atom stereocenters. The molecule has 1 unspecified atom stereocenters.